The van der Waals surface area contributed by atoms with Crippen LogP contribution >= 0.6 is 0 Å². The monoisotopic (exact) mass is 405 g/mol. The Kier molecular flexibility index (Phi) is 5.86. The molecule has 2 aromatic carbocycles. The van der Waals surface area contributed by atoms with Crippen LogP contribution in [0.1, 0.15) is 28.5 Å². The summed E-state index contributed by atoms with van der Waals surface area (Å²) in [6.07, 6.45) is 3.25. The van der Waals surface area contributed by atoms with E-state index in [1.54, 1.807) is 24.5 Å². The highest BCUT2D eigenvalue weighted by Crippen LogP contribution is 2.24. The summed E-state index contributed by atoms with van der Waals surface area (Å²) >= 11 is 0. The van der Waals surface area contributed by atoms with Crippen LogP contribution in [0.4, 0.5) is 4.39 Å². The second kappa shape index (κ2) is 8.71. The van der Waals surface area contributed by atoms with Crippen molar-refractivity contribution in [3.05, 3.63) is 83.1 Å². The van der Waals surface area contributed by atoms with Gasteiger partial charge in [-0.15, -0.1) is 0 Å². The number of aromatic nitrogens is 2. The number of ether oxygens (including phenoxy) is 1. The molecule has 0 N–H and O–H groups in total. The zero-order chi connectivity index (χ0) is 21.1. The number of hydrogen-bond acceptors (Lipinski definition) is 4. The minimum absolute atomic E-state index is 0.0702. The van der Waals surface area contributed by atoms with E-state index in [0.29, 0.717) is 43.1 Å². The van der Waals surface area contributed by atoms with Crippen molar-refractivity contribution in [2.75, 3.05) is 19.7 Å². The van der Waals surface area contributed by atoms with Crippen LogP contribution in [-0.2, 0) is 16.0 Å². The number of halogens is 1. The van der Waals surface area contributed by atoms with E-state index in [1.807, 2.05) is 17.0 Å². The molecule has 3 aromatic rings. The molecular weight excluding hydrogens is 381 g/mol. The minimum Gasteiger partial charge on any atom is -0.368 e. The summed E-state index contributed by atoms with van der Waals surface area (Å²) in [5.41, 5.74) is 5.29. The summed E-state index contributed by atoms with van der Waals surface area (Å²) in [6.45, 7) is 5.53. The molecule has 4 rings (SSSR count). The third kappa shape index (κ3) is 4.54. The lowest BCUT2D eigenvalue weighted by molar-refractivity contribution is -0.138. The molecule has 1 aromatic heterocycles. The molecule has 0 saturated carbocycles. The predicted molar refractivity (Wildman–Crippen MR) is 112 cm³/mol. The van der Waals surface area contributed by atoms with Gasteiger partial charge in [-0.1, -0.05) is 30.3 Å². The molecule has 1 fully saturated rings. The third-order valence-corrected chi connectivity index (χ3v) is 5.45. The normalized spacial score (nSPS) is 16.5. The van der Waals surface area contributed by atoms with Gasteiger partial charge >= 0.3 is 0 Å². The smallest absolute Gasteiger partial charge is 0.227 e. The van der Waals surface area contributed by atoms with E-state index in [4.69, 9.17) is 4.74 Å². The Morgan fingerprint density at radius 1 is 1.17 bits per heavy atom. The summed E-state index contributed by atoms with van der Waals surface area (Å²) in [5.74, 6) is -0.252. The topological polar surface area (TPSA) is 55.3 Å². The molecule has 2 heterocycles. The lowest BCUT2D eigenvalue weighted by Gasteiger charge is -2.32. The average Bonchev–Trinajstić information content (AvgIpc) is 2.76. The highest BCUT2D eigenvalue weighted by atomic mass is 19.1. The Bertz CT molecular complexity index is 1070. The van der Waals surface area contributed by atoms with Crippen molar-refractivity contribution in [3.8, 4) is 11.3 Å². The van der Waals surface area contributed by atoms with Crippen molar-refractivity contribution in [2.45, 2.75) is 26.4 Å². The summed E-state index contributed by atoms with van der Waals surface area (Å²) in [6, 6.07) is 12.4. The van der Waals surface area contributed by atoms with Crippen molar-refractivity contribution in [1.82, 2.24) is 14.9 Å². The van der Waals surface area contributed by atoms with Crippen LogP contribution in [0.3, 0.4) is 0 Å². The maximum Gasteiger partial charge on any atom is 0.227 e. The van der Waals surface area contributed by atoms with Crippen molar-refractivity contribution in [3.63, 3.8) is 0 Å². The second-order valence-corrected chi connectivity index (χ2v) is 7.63. The molecule has 1 saturated heterocycles. The molecule has 0 spiro atoms. The van der Waals surface area contributed by atoms with E-state index in [-0.39, 0.29) is 17.8 Å². The van der Waals surface area contributed by atoms with Gasteiger partial charge in [0.2, 0.25) is 5.91 Å². The van der Waals surface area contributed by atoms with Crippen LogP contribution in [0.2, 0.25) is 0 Å². The van der Waals surface area contributed by atoms with Crippen LogP contribution in [0.5, 0.6) is 0 Å². The van der Waals surface area contributed by atoms with Gasteiger partial charge in [-0.2, -0.15) is 0 Å². The van der Waals surface area contributed by atoms with Gasteiger partial charge < -0.3 is 9.64 Å². The first-order valence-corrected chi connectivity index (χ1v) is 10.0. The molecule has 154 valence electrons. The molecule has 1 aliphatic rings. The summed E-state index contributed by atoms with van der Waals surface area (Å²) in [4.78, 5) is 23.5. The quantitative estimate of drug-likeness (QED) is 0.657. The Morgan fingerprint density at radius 3 is 2.83 bits per heavy atom. The number of rotatable bonds is 4. The maximum atomic E-state index is 13.6. The van der Waals surface area contributed by atoms with Gasteiger partial charge in [0.15, 0.2) is 0 Å². The minimum atomic E-state index is -0.358. The molecule has 1 unspecified atom stereocenters. The highest BCUT2D eigenvalue weighted by molar-refractivity contribution is 5.79. The number of amides is 1. The first-order chi connectivity index (χ1) is 14.5. The SMILES string of the molecule is Cc1ccc(CC(=O)N2CCOC(c3cncc(-c4cccc(F)c4)n3)C2)cc1C. The summed E-state index contributed by atoms with van der Waals surface area (Å²) in [7, 11) is 0. The number of benzene rings is 2. The number of aryl methyl sites for hydroxylation is 2. The zero-order valence-electron chi connectivity index (χ0n) is 17.1. The zero-order valence-corrected chi connectivity index (χ0v) is 17.1. The molecule has 1 atom stereocenters. The third-order valence-electron chi connectivity index (χ3n) is 5.45. The van der Waals surface area contributed by atoms with Crippen LogP contribution in [0.25, 0.3) is 11.3 Å². The fourth-order valence-corrected chi connectivity index (χ4v) is 3.58. The highest BCUT2D eigenvalue weighted by Gasteiger charge is 2.27. The van der Waals surface area contributed by atoms with E-state index >= 15 is 0 Å². The molecule has 0 radical (unpaired) electrons. The van der Waals surface area contributed by atoms with Gasteiger partial charge in [0.1, 0.15) is 11.9 Å². The van der Waals surface area contributed by atoms with Crippen molar-refractivity contribution in [1.29, 1.82) is 0 Å². The van der Waals surface area contributed by atoms with Gasteiger partial charge in [0, 0.05) is 12.1 Å². The van der Waals surface area contributed by atoms with Crippen LogP contribution in [0.15, 0.2) is 54.9 Å². The van der Waals surface area contributed by atoms with Crippen LogP contribution < -0.4 is 0 Å². The molecular formula is C24H24FN3O2. The van der Waals surface area contributed by atoms with Crippen molar-refractivity contribution >= 4 is 5.91 Å². The van der Waals surface area contributed by atoms with Gasteiger partial charge in [-0.3, -0.25) is 9.78 Å². The van der Waals surface area contributed by atoms with Gasteiger partial charge in [-0.05, 0) is 42.7 Å². The van der Waals surface area contributed by atoms with Crippen LogP contribution in [-0.4, -0.2) is 40.5 Å². The molecule has 1 aliphatic heterocycles. The standard InChI is InChI=1S/C24H24FN3O2/c1-16-6-7-18(10-17(16)2)11-24(29)28-8-9-30-23(15-28)22-14-26-13-21(27-22)19-4-3-5-20(25)12-19/h3-7,10,12-14,23H,8-9,11,15H2,1-2H3. The van der Waals surface area contributed by atoms with Gasteiger partial charge in [0.05, 0.1) is 43.4 Å². The van der Waals surface area contributed by atoms with Crippen molar-refractivity contribution < 1.29 is 13.9 Å². The second-order valence-electron chi connectivity index (χ2n) is 7.63. The lowest BCUT2D eigenvalue weighted by atomic mass is 10.0. The fraction of sp³-hybridized carbons (Fsp3) is 0.292. The molecule has 6 heteroatoms. The van der Waals surface area contributed by atoms with E-state index < -0.39 is 0 Å². The maximum absolute atomic E-state index is 13.6. The lowest BCUT2D eigenvalue weighted by Crippen LogP contribution is -2.43. The van der Waals surface area contributed by atoms with E-state index in [9.17, 15) is 9.18 Å². The molecule has 0 aliphatic carbocycles. The number of hydrogen-bond donors (Lipinski definition) is 0. The summed E-state index contributed by atoms with van der Waals surface area (Å²) < 4.78 is 19.4. The Balaban J connectivity index is 1.48. The van der Waals surface area contributed by atoms with E-state index in [0.717, 1.165) is 5.56 Å². The predicted octanol–water partition coefficient (Wildman–Crippen LogP) is 4.04. The van der Waals surface area contributed by atoms with Crippen molar-refractivity contribution in [2.24, 2.45) is 0 Å². The average molecular weight is 405 g/mol. The molecule has 30 heavy (non-hydrogen) atoms. The molecule has 1 amide bonds. The molecule has 5 nitrogen and oxygen atoms in total. The van der Waals surface area contributed by atoms with E-state index in [1.165, 1.54) is 23.3 Å². The Morgan fingerprint density at radius 2 is 2.03 bits per heavy atom. The van der Waals surface area contributed by atoms with Gasteiger partial charge in [-0.25, -0.2) is 9.37 Å². The van der Waals surface area contributed by atoms with E-state index in [2.05, 4.69) is 29.9 Å². The molecule has 0 bridgehead atoms. The number of nitrogens with zero attached hydrogens (tertiary/aromatic N) is 3. The van der Waals surface area contributed by atoms with Gasteiger partial charge in [0.25, 0.3) is 0 Å². The number of morpholine rings is 1. The number of carbonyl (C=O) groups is 1. The summed E-state index contributed by atoms with van der Waals surface area (Å²) in [5, 5.41) is 0. The fourth-order valence-electron chi connectivity index (χ4n) is 3.58. The first-order valence-electron chi connectivity index (χ1n) is 10.0. The largest absolute Gasteiger partial charge is 0.368 e. The van der Waals surface area contributed by atoms with Crippen LogP contribution in [0, 0.1) is 19.7 Å². The Hall–Kier alpha value is -3.12. The Labute approximate surface area is 175 Å². The number of carbonyl (C=O) groups excluding carboxylic acids is 1. The first kappa shape index (κ1) is 20.2.